The molecule has 9 nitrogen and oxygen atoms in total. The first-order valence-electron chi connectivity index (χ1n) is 15.7. The van der Waals surface area contributed by atoms with E-state index in [0.717, 1.165) is 55.9 Å². The Kier molecular flexibility index (Phi) is 6.79. The van der Waals surface area contributed by atoms with E-state index in [2.05, 4.69) is 70.1 Å². The summed E-state index contributed by atoms with van der Waals surface area (Å²) in [4.78, 5) is 28.1. The van der Waals surface area contributed by atoms with Crippen LogP contribution in [0.1, 0.15) is 106 Å². The number of rotatable bonds is 2. The molecule has 9 heteroatoms. The monoisotopic (exact) mass is 550 g/mol. The van der Waals surface area contributed by atoms with E-state index in [1.165, 1.54) is 25.7 Å². The number of fused-ring (bicyclic) bond motifs is 8. The fourth-order valence-corrected chi connectivity index (χ4v) is 9.24. The number of piperidine rings is 2. The zero-order chi connectivity index (χ0) is 28.7. The molecule has 0 aliphatic carbocycles. The van der Waals surface area contributed by atoms with Gasteiger partial charge in [-0.15, -0.1) is 5.73 Å². The number of aromatic nitrogens is 3. The molecule has 5 aliphatic rings. The summed E-state index contributed by atoms with van der Waals surface area (Å²) in [6.45, 7) is 22.5. The molecule has 2 radical (unpaired) electrons. The quantitative estimate of drug-likeness (QED) is 0.543. The van der Waals surface area contributed by atoms with Crippen molar-refractivity contribution in [1.29, 1.82) is 0 Å². The van der Waals surface area contributed by atoms with Crippen LogP contribution in [0.2, 0.25) is 0 Å². The summed E-state index contributed by atoms with van der Waals surface area (Å²) >= 11 is 0. The number of hydrogen-bond donors (Lipinski definition) is 0. The average molecular weight is 551 g/mol. The summed E-state index contributed by atoms with van der Waals surface area (Å²) in [5.41, 5.74) is 12.2. The third-order valence-corrected chi connectivity index (χ3v) is 11.0. The van der Waals surface area contributed by atoms with Gasteiger partial charge in [-0.3, -0.25) is 9.89 Å². The zero-order valence-electron chi connectivity index (χ0n) is 26.1. The Hall–Kier alpha value is -1.84. The molecular weight excluding hydrogens is 500 g/mol. The molecular formula is C31H50N8O. The van der Waals surface area contributed by atoms with Crippen LogP contribution in [-0.2, 0) is 4.74 Å². The molecule has 0 N–H and O–H groups in total. The van der Waals surface area contributed by atoms with Gasteiger partial charge in [0.1, 0.15) is 5.82 Å². The van der Waals surface area contributed by atoms with Crippen LogP contribution in [-0.4, -0.2) is 92.7 Å². The van der Waals surface area contributed by atoms with Crippen LogP contribution in [0.4, 0.5) is 11.9 Å². The molecule has 5 atom stereocenters. The van der Waals surface area contributed by atoms with E-state index >= 15 is 0 Å². The summed E-state index contributed by atoms with van der Waals surface area (Å²) in [7, 11) is 0. The van der Waals surface area contributed by atoms with Gasteiger partial charge in [0.15, 0.2) is 0 Å². The van der Waals surface area contributed by atoms with Crippen LogP contribution in [0.3, 0.4) is 0 Å². The van der Waals surface area contributed by atoms with Gasteiger partial charge in [0.2, 0.25) is 11.9 Å². The fraction of sp³-hybridized carbons (Fsp3) is 0.871. The van der Waals surface area contributed by atoms with E-state index in [1.54, 1.807) is 0 Å². The lowest BCUT2D eigenvalue weighted by molar-refractivity contribution is -0.0169. The van der Waals surface area contributed by atoms with Crippen LogP contribution in [0.5, 0.6) is 0 Å². The third-order valence-electron chi connectivity index (χ3n) is 11.0. The van der Waals surface area contributed by atoms with Crippen molar-refractivity contribution in [3.63, 3.8) is 0 Å². The second-order valence-corrected chi connectivity index (χ2v) is 15.1. The van der Waals surface area contributed by atoms with Crippen molar-refractivity contribution in [2.75, 3.05) is 42.6 Å². The molecule has 6 bridgehead atoms. The van der Waals surface area contributed by atoms with Gasteiger partial charge in [0, 0.05) is 30.1 Å². The molecule has 1 aromatic heterocycles. The Bertz CT molecular complexity index is 1150. The highest BCUT2D eigenvalue weighted by molar-refractivity contribution is 5.98. The second kappa shape index (κ2) is 9.60. The third kappa shape index (κ3) is 4.28. The maximum atomic E-state index is 12.1. The lowest BCUT2D eigenvalue weighted by Gasteiger charge is -2.61. The van der Waals surface area contributed by atoms with Crippen LogP contribution in [0.15, 0.2) is 4.99 Å². The molecule has 5 unspecified atom stereocenters. The number of nitrogens with zero attached hydrogens (tertiary/aromatic N) is 8. The van der Waals surface area contributed by atoms with Gasteiger partial charge < -0.3 is 14.5 Å². The summed E-state index contributed by atoms with van der Waals surface area (Å²) in [6, 6.07) is -0.586. The minimum absolute atomic E-state index is 0.00355. The highest BCUT2D eigenvalue weighted by Gasteiger charge is 2.59. The van der Waals surface area contributed by atoms with Gasteiger partial charge in [-0.2, -0.15) is 15.0 Å². The summed E-state index contributed by atoms with van der Waals surface area (Å²) in [6.07, 6.45) is 6.78. The van der Waals surface area contributed by atoms with Crippen molar-refractivity contribution in [2.24, 2.45) is 10.9 Å². The van der Waals surface area contributed by atoms with E-state index in [1.807, 2.05) is 0 Å². The minimum atomic E-state index is -0.551. The lowest BCUT2D eigenvalue weighted by Crippen LogP contribution is -2.72. The van der Waals surface area contributed by atoms with Crippen molar-refractivity contribution >= 4 is 17.6 Å². The van der Waals surface area contributed by atoms with Crippen molar-refractivity contribution in [3.8, 4) is 0 Å². The lowest BCUT2D eigenvalue weighted by atomic mass is 9.65. The smallest absolute Gasteiger partial charge is 0.231 e. The van der Waals surface area contributed by atoms with Gasteiger partial charge in [0.05, 0.1) is 48.0 Å². The van der Waals surface area contributed by atoms with E-state index < -0.39 is 6.04 Å². The first kappa shape index (κ1) is 28.3. The highest BCUT2D eigenvalue weighted by atomic mass is 16.5. The average Bonchev–Trinajstić information content (AvgIpc) is 2.92. The molecule has 4 fully saturated rings. The predicted octanol–water partition coefficient (Wildman–Crippen LogP) is 4.27. The Morgan fingerprint density at radius 1 is 0.825 bits per heavy atom. The first-order chi connectivity index (χ1) is 18.8. The molecule has 0 spiro atoms. The highest BCUT2D eigenvalue weighted by Crippen LogP contribution is 2.53. The van der Waals surface area contributed by atoms with Gasteiger partial charge in [0.25, 0.3) is 0 Å². The number of aliphatic imine (C=N–C) groups is 1. The SMILES string of the molecule is CC1(C)CC(N=C2C([N])C3CCCCCCN(C2(C)C)C3(C)C)C2c3nc(N4CCOCC4)nc(n3)N1C2(C)C. The topological polar surface area (TPSA) is 92.3 Å². The number of hydrogen-bond acceptors (Lipinski definition) is 8. The largest absolute Gasteiger partial charge is 0.378 e. The second-order valence-electron chi connectivity index (χ2n) is 15.1. The molecule has 0 amide bonds. The standard InChI is InChI=1S/C31H50N8O/c1-28(2)19-21(33-24-23(32)20-13-11-9-10-12-14-38(29(20,3)4)31(24,7)8)22-25-34-26(37-15-17-40-18-16-37)36-27(35-25)39(28)30(22,5)6/h20-23H,9-19H2,1-8H3. The maximum Gasteiger partial charge on any atom is 0.231 e. The first-order valence-corrected chi connectivity index (χ1v) is 15.7. The summed E-state index contributed by atoms with van der Waals surface area (Å²) in [5.74, 6) is 2.54. The van der Waals surface area contributed by atoms with E-state index in [4.69, 9.17) is 24.7 Å². The van der Waals surface area contributed by atoms with Crippen molar-refractivity contribution in [2.45, 2.75) is 134 Å². The number of morpholine rings is 1. The predicted molar refractivity (Wildman–Crippen MR) is 159 cm³/mol. The van der Waals surface area contributed by atoms with Crippen LogP contribution < -0.4 is 15.5 Å². The van der Waals surface area contributed by atoms with Crippen LogP contribution in [0.25, 0.3) is 0 Å². The van der Waals surface area contributed by atoms with Gasteiger partial charge in [-0.1, -0.05) is 19.3 Å². The summed E-state index contributed by atoms with van der Waals surface area (Å²) < 4.78 is 5.60. The molecule has 40 heavy (non-hydrogen) atoms. The van der Waals surface area contributed by atoms with Crippen molar-refractivity contribution in [3.05, 3.63) is 5.82 Å². The Balaban J connectivity index is 1.46. The summed E-state index contributed by atoms with van der Waals surface area (Å²) in [5, 5.41) is 0. The van der Waals surface area contributed by atoms with Crippen molar-refractivity contribution in [1.82, 2.24) is 25.6 Å². The fourth-order valence-electron chi connectivity index (χ4n) is 9.24. The van der Waals surface area contributed by atoms with Gasteiger partial charge in [-0.05, 0) is 81.2 Å². The number of ether oxygens (including phenoxy) is 1. The molecule has 4 saturated heterocycles. The molecule has 1 aromatic rings. The maximum absolute atomic E-state index is 12.1. The normalized spacial score (nSPS) is 36.9. The Labute approximate surface area is 241 Å². The van der Waals surface area contributed by atoms with E-state index in [0.29, 0.717) is 13.2 Å². The van der Waals surface area contributed by atoms with E-state index in [-0.39, 0.29) is 40.0 Å². The molecule has 5 aliphatic heterocycles. The van der Waals surface area contributed by atoms with Crippen LogP contribution in [0, 0.1) is 5.92 Å². The molecule has 6 heterocycles. The number of anilines is 2. The van der Waals surface area contributed by atoms with E-state index in [9.17, 15) is 5.73 Å². The zero-order valence-corrected chi connectivity index (χ0v) is 26.1. The van der Waals surface area contributed by atoms with Gasteiger partial charge >= 0.3 is 0 Å². The molecule has 0 aromatic carbocycles. The molecule has 220 valence electrons. The molecule has 0 saturated carbocycles. The van der Waals surface area contributed by atoms with Crippen LogP contribution >= 0.6 is 0 Å². The molecule has 6 rings (SSSR count). The Morgan fingerprint density at radius 3 is 2.23 bits per heavy atom. The van der Waals surface area contributed by atoms with Crippen molar-refractivity contribution < 1.29 is 4.74 Å². The van der Waals surface area contributed by atoms with Gasteiger partial charge in [-0.25, -0.2) is 0 Å². The Morgan fingerprint density at radius 2 is 1.50 bits per heavy atom. The minimum Gasteiger partial charge on any atom is -0.378 e.